The summed E-state index contributed by atoms with van der Waals surface area (Å²) in [7, 11) is 0. The molecule has 3 rings (SSSR count). The zero-order valence-electron chi connectivity index (χ0n) is 10.0. The van der Waals surface area contributed by atoms with Crippen molar-refractivity contribution >= 4 is 0 Å². The second-order valence-electron chi connectivity index (χ2n) is 4.87. The van der Waals surface area contributed by atoms with Crippen LogP contribution in [0.3, 0.4) is 0 Å². The lowest BCUT2D eigenvalue weighted by atomic mass is 9.82. The number of hydrogen-bond donors (Lipinski definition) is 1. The minimum Gasteiger partial charge on any atom is -0.380 e. The van der Waals surface area contributed by atoms with E-state index in [-0.39, 0.29) is 5.92 Å². The number of hydrogen-bond acceptors (Lipinski definition) is 2. The van der Waals surface area contributed by atoms with Crippen molar-refractivity contribution in [1.29, 1.82) is 0 Å². The molecule has 1 N–H and O–H groups in total. The Morgan fingerprint density at radius 3 is 2.53 bits per heavy atom. The van der Waals surface area contributed by atoms with Crippen molar-refractivity contribution in [2.75, 3.05) is 0 Å². The number of pyridine rings is 1. The first kappa shape index (κ1) is 10.5. The van der Waals surface area contributed by atoms with Crippen LogP contribution in [0.4, 0.5) is 0 Å². The molecular weight excluding hydrogens is 210 g/mol. The molecule has 1 atom stereocenters. The van der Waals surface area contributed by atoms with Gasteiger partial charge in [-0.1, -0.05) is 44.2 Å². The highest BCUT2D eigenvalue weighted by atomic mass is 16.3. The average molecular weight is 225 g/mol. The molecule has 0 fully saturated rings. The molecule has 0 amide bonds. The van der Waals surface area contributed by atoms with E-state index < -0.39 is 5.60 Å². The van der Waals surface area contributed by atoms with Crippen LogP contribution in [0.1, 0.15) is 25.0 Å². The molecule has 2 aromatic rings. The van der Waals surface area contributed by atoms with Crippen LogP contribution in [0.25, 0.3) is 11.3 Å². The summed E-state index contributed by atoms with van der Waals surface area (Å²) in [6, 6.07) is 11.8. The van der Waals surface area contributed by atoms with Crippen molar-refractivity contribution in [2.45, 2.75) is 19.4 Å². The van der Waals surface area contributed by atoms with Crippen LogP contribution >= 0.6 is 0 Å². The standard InChI is InChI=1S/C15H15NO/c1-10(2)15(17)12-7-4-3-6-11(12)14-13(15)8-5-9-16-14/h3-10,17H,1-2H3/t15-/m1/s1. The van der Waals surface area contributed by atoms with Gasteiger partial charge in [0, 0.05) is 17.3 Å². The Hall–Kier alpha value is -1.67. The highest BCUT2D eigenvalue weighted by Gasteiger charge is 2.44. The Kier molecular flexibility index (Phi) is 2.10. The van der Waals surface area contributed by atoms with E-state index in [1.807, 2.05) is 50.2 Å². The van der Waals surface area contributed by atoms with Gasteiger partial charge in [-0.2, -0.15) is 0 Å². The fourth-order valence-electron chi connectivity index (χ4n) is 2.72. The summed E-state index contributed by atoms with van der Waals surface area (Å²) in [5, 5.41) is 11.0. The second-order valence-corrected chi connectivity index (χ2v) is 4.87. The van der Waals surface area contributed by atoms with Gasteiger partial charge < -0.3 is 5.11 Å². The Bertz CT molecular complexity index is 529. The number of aliphatic hydroxyl groups is 1. The number of aromatic nitrogens is 1. The lowest BCUT2D eigenvalue weighted by molar-refractivity contribution is 0.0362. The van der Waals surface area contributed by atoms with E-state index in [2.05, 4.69) is 4.98 Å². The first-order valence-electron chi connectivity index (χ1n) is 5.93. The van der Waals surface area contributed by atoms with Gasteiger partial charge in [-0.3, -0.25) is 4.98 Å². The Morgan fingerprint density at radius 2 is 1.76 bits per heavy atom. The molecule has 1 aliphatic carbocycles. The molecule has 1 heterocycles. The van der Waals surface area contributed by atoms with Gasteiger partial charge in [-0.15, -0.1) is 0 Å². The number of rotatable bonds is 1. The number of nitrogens with zero attached hydrogens (tertiary/aromatic N) is 1. The Morgan fingerprint density at radius 1 is 1.06 bits per heavy atom. The van der Waals surface area contributed by atoms with E-state index in [1.54, 1.807) is 6.20 Å². The fourth-order valence-corrected chi connectivity index (χ4v) is 2.72. The van der Waals surface area contributed by atoms with E-state index in [9.17, 15) is 5.11 Å². The van der Waals surface area contributed by atoms with Crippen molar-refractivity contribution < 1.29 is 5.11 Å². The third-order valence-corrected chi connectivity index (χ3v) is 3.65. The van der Waals surface area contributed by atoms with Crippen LogP contribution in [0.2, 0.25) is 0 Å². The molecule has 1 aromatic carbocycles. The molecule has 17 heavy (non-hydrogen) atoms. The van der Waals surface area contributed by atoms with Gasteiger partial charge in [0.2, 0.25) is 0 Å². The van der Waals surface area contributed by atoms with Crippen molar-refractivity contribution in [3.05, 3.63) is 53.7 Å². The van der Waals surface area contributed by atoms with Gasteiger partial charge in [0.1, 0.15) is 5.60 Å². The lowest BCUT2D eigenvalue weighted by Crippen LogP contribution is -2.31. The largest absolute Gasteiger partial charge is 0.380 e. The van der Waals surface area contributed by atoms with Crippen LogP contribution < -0.4 is 0 Å². The topological polar surface area (TPSA) is 33.1 Å². The molecule has 0 unspecified atom stereocenters. The van der Waals surface area contributed by atoms with Gasteiger partial charge >= 0.3 is 0 Å². The van der Waals surface area contributed by atoms with Crippen molar-refractivity contribution in [3.63, 3.8) is 0 Å². The molecule has 2 heteroatoms. The zero-order chi connectivity index (χ0) is 12.0. The molecule has 86 valence electrons. The normalized spacial score (nSPS) is 21.4. The quantitative estimate of drug-likeness (QED) is 0.809. The highest BCUT2D eigenvalue weighted by Crippen LogP contribution is 2.49. The summed E-state index contributed by atoms with van der Waals surface area (Å²) < 4.78 is 0. The molecule has 0 spiro atoms. The third kappa shape index (κ3) is 1.22. The molecule has 0 radical (unpaired) electrons. The average Bonchev–Trinajstić information content (AvgIpc) is 2.63. The van der Waals surface area contributed by atoms with Gasteiger partial charge in [0.15, 0.2) is 0 Å². The summed E-state index contributed by atoms with van der Waals surface area (Å²) in [5.41, 5.74) is 2.97. The maximum atomic E-state index is 11.0. The van der Waals surface area contributed by atoms with Crippen molar-refractivity contribution in [3.8, 4) is 11.3 Å². The van der Waals surface area contributed by atoms with Crippen molar-refractivity contribution in [1.82, 2.24) is 4.98 Å². The first-order valence-corrected chi connectivity index (χ1v) is 5.93. The van der Waals surface area contributed by atoms with Gasteiger partial charge in [-0.05, 0) is 17.5 Å². The maximum absolute atomic E-state index is 11.0. The molecule has 0 bridgehead atoms. The maximum Gasteiger partial charge on any atom is 0.120 e. The SMILES string of the molecule is CC(C)[C@@]1(O)c2ccccc2-c2ncccc21. The molecule has 1 aliphatic rings. The lowest BCUT2D eigenvalue weighted by Gasteiger charge is -2.29. The van der Waals surface area contributed by atoms with Gasteiger partial charge in [0.05, 0.1) is 5.69 Å². The van der Waals surface area contributed by atoms with Gasteiger partial charge in [-0.25, -0.2) is 0 Å². The monoisotopic (exact) mass is 225 g/mol. The predicted octanol–water partition coefficient (Wildman–Crippen LogP) is 2.95. The summed E-state index contributed by atoms with van der Waals surface area (Å²) in [5.74, 6) is 0.120. The fraction of sp³-hybridized carbons (Fsp3) is 0.267. The first-order chi connectivity index (χ1) is 8.15. The van der Waals surface area contributed by atoms with Crippen LogP contribution in [-0.4, -0.2) is 10.1 Å². The summed E-state index contributed by atoms with van der Waals surface area (Å²) in [6.45, 7) is 4.08. The molecule has 1 aromatic heterocycles. The number of fused-ring (bicyclic) bond motifs is 3. The molecule has 2 nitrogen and oxygen atoms in total. The van der Waals surface area contributed by atoms with E-state index in [0.29, 0.717) is 0 Å². The second kappa shape index (κ2) is 3.41. The number of benzene rings is 1. The zero-order valence-corrected chi connectivity index (χ0v) is 10.0. The van der Waals surface area contributed by atoms with E-state index in [4.69, 9.17) is 0 Å². The molecule has 0 aliphatic heterocycles. The predicted molar refractivity (Wildman–Crippen MR) is 67.5 cm³/mol. The minimum absolute atomic E-state index is 0.120. The van der Waals surface area contributed by atoms with Gasteiger partial charge in [0.25, 0.3) is 0 Å². The van der Waals surface area contributed by atoms with Crippen molar-refractivity contribution in [2.24, 2.45) is 5.92 Å². The Labute approximate surface area is 101 Å². The van der Waals surface area contributed by atoms with E-state index in [0.717, 1.165) is 22.4 Å². The summed E-state index contributed by atoms with van der Waals surface area (Å²) in [4.78, 5) is 4.42. The Balaban J connectivity index is 2.39. The molecule has 0 saturated heterocycles. The highest BCUT2D eigenvalue weighted by molar-refractivity contribution is 5.77. The summed E-state index contributed by atoms with van der Waals surface area (Å²) in [6.07, 6.45) is 1.78. The van der Waals surface area contributed by atoms with E-state index >= 15 is 0 Å². The third-order valence-electron chi connectivity index (χ3n) is 3.65. The van der Waals surface area contributed by atoms with E-state index in [1.165, 1.54) is 0 Å². The minimum atomic E-state index is -0.903. The molecule has 0 saturated carbocycles. The smallest absolute Gasteiger partial charge is 0.120 e. The van der Waals surface area contributed by atoms with Crippen LogP contribution in [0.15, 0.2) is 42.6 Å². The van der Waals surface area contributed by atoms with Crippen LogP contribution in [-0.2, 0) is 5.60 Å². The van der Waals surface area contributed by atoms with Crippen LogP contribution in [0, 0.1) is 5.92 Å². The molecular formula is C15H15NO. The van der Waals surface area contributed by atoms with Crippen LogP contribution in [0.5, 0.6) is 0 Å². The summed E-state index contributed by atoms with van der Waals surface area (Å²) >= 11 is 0.